The largest absolute Gasteiger partial charge is 0.383 e. The van der Waals surface area contributed by atoms with Crippen molar-refractivity contribution in [3.05, 3.63) is 0 Å². The van der Waals surface area contributed by atoms with Crippen molar-refractivity contribution in [2.45, 2.75) is 20.8 Å². The van der Waals surface area contributed by atoms with Crippen LogP contribution in [0.25, 0.3) is 0 Å². The molecule has 0 spiro atoms. The number of hydrogen-bond acceptors (Lipinski definition) is 4. The topological polar surface area (TPSA) is 69.2 Å². The number of hydrogen-bond donors (Lipinski definition) is 2. The lowest BCUT2D eigenvalue weighted by Crippen LogP contribution is -2.53. The summed E-state index contributed by atoms with van der Waals surface area (Å²) in [7, 11) is 1.62. The highest BCUT2D eigenvalue weighted by atomic mass is 127. The van der Waals surface area contributed by atoms with Crippen molar-refractivity contribution in [1.29, 1.82) is 0 Å². The monoisotopic (exact) mass is 455 g/mol. The quantitative estimate of drug-likeness (QED) is 0.243. The number of piperazine rings is 1. The molecule has 0 aliphatic carbocycles. The number of amides is 1. The van der Waals surface area contributed by atoms with Crippen molar-refractivity contribution >= 4 is 35.8 Å². The maximum absolute atomic E-state index is 11.8. The molecule has 1 heterocycles. The van der Waals surface area contributed by atoms with Crippen LogP contribution in [0.5, 0.6) is 0 Å². The lowest BCUT2D eigenvalue weighted by atomic mass is 10.2. The summed E-state index contributed by atoms with van der Waals surface area (Å²) in [6.07, 6.45) is 0. The first-order valence-electron chi connectivity index (χ1n) is 8.58. The van der Waals surface area contributed by atoms with Crippen LogP contribution in [-0.2, 0) is 9.53 Å². The Morgan fingerprint density at radius 2 is 1.88 bits per heavy atom. The number of guanidine groups is 1. The average Bonchev–Trinajstić information content (AvgIpc) is 2.52. The van der Waals surface area contributed by atoms with Crippen molar-refractivity contribution in [3.8, 4) is 0 Å². The van der Waals surface area contributed by atoms with Gasteiger partial charge in [-0.1, -0.05) is 13.8 Å². The average molecular weight is 455 g/mol. The van der Waals surface area contributed by atoms with Gasteiger partial charge in [0.15, 0.2) is 5.96 Å². The predicted molar refractivity (Wildman–Crippen MR) is 109 cm³/mol. The summed E-state index contributed by atoms with van der Waals surface area (Å²) >= 11 is 0. The molecule has 1 fully saturated rings. The Bertz CT molecular complexity index is 371. The van der Waals surface area contributed by atoms with Gasteiger partial charge in [0.25, 0.3) is 0 Å². The molecular formula is C16H34IN5O2. The maximum atomic E-state index is 11.8. The molecule has 0 atom stereocenters. The second kappa shape index (κ2) is 13.7. The molecule has 0 unspecified atom stereocenters. The lowest BCUT2D eigenvalue weighted by molar-refractivity contribution is -0.119. The van der Waals surface area contributed by atoms with E-state index in [-0.39, 0.29) is 36.4 Å². The van der Waals surface area contributed by atoms with Gasteiger partial charge in [-0.25, -0.2) is 4.99 Å². The van der Waals surface area contributed by atoms with Gasteiger partial charge in [0, 0.05) is 52.9 Å². The van der Waals surface area contributed by atoms with Crippen molar-refractivity contribution in [2.24, 2.45) is 10.9 Å². The highest BCUT2D eigenvalue weighted by Gasteiger charge is 2.20. The van der Waals surface area contributed by atoms with E-state index in [2.05, 4.69) is 39.3 Å². The Morgan fingerprint density at radius 1 is 1.21 bits per heavy atom. The fourth-order valence-electron chi connectivity index (χ4n) is 2.58. The Kier molecular flexibility index (Phi) is 13.3. The predicted octanol–water partition coefficient (Wildman–Crippen LogP) is 0.606. The lowest BCUT2D eigenvalue weighted by Gasteiger charge is -2.37. The SMILES string of the molecule is CCNC(=NCC(=O)NCCOC)N1CCN(CC(C)C)CC1.I. The van der Waals surface area contributed by atoms with E-state index in [9.17, 15) is 4.79 Å². The number of aliphatic imine (C=N–C) groups is 1. The Balaban J connectivity index is 0.00000529. The zero-order chi connectivity index (χ0) is 17.1. The molecule has 0 aromatic carbocycles. The van der Waals surface area contributed by atoms with Crippen molar-refractivity contribution in [1.82, 2.24) is 20.4 Å². The number of ether oxygens (including phenoxy) is 1. The van der Waals surface area contributed by atoms with Gasteiger partial charge in [0.05, 0.1) is 6.61 Å². The molecular weight excluding hydrogens is 421 g/mol. The fraction of sp³-hybridized carbons (Fsp3) is 0.875. The van der Waals surface area contributed by atoms with E-state index in [1.807, 2.05) is 6.92 Å². The van der Waals surface area contributed by atoms with Crippen LogP contribution in [-0.4, -0.2) is 87.7 Å². The molecule has 0 aromatic heterocycles. The van der Waals surface area contributed by atoms with E-state index < -0.39 is 0 Å². The van der Waals surface area contributed by atoms with Gasteiger partial charge in [-0.05, 0) is 12.8 Å². The maximum Gasteiger partial charge on any atom is 0.241 e. The van der Waals surface area contributed by atoms with Crippen LogP contribution in [0, 0.1) is 5.92 Å². The summed E-state index contributed by atoms with van der Waals surface area (Å²) in [5.41, 5.74) is 0. The van der Waals surface area contributed by atoms with Crippen LogP contribution < -0.4 is 10.6 Å². The van der Waals surface area contributed by atoms with Crippen molar-refractivity contribution in [2.75, 3.05) is 66.1 Å². The minimum Gasteiger partial charge on any atom is -0.383 e. The molecule has 142 valence electrons. The van der Waals surface area contributed by atoms with Gasteiger partial charge < -0.3 is 20.3 Å². The molecule has 2 N–H and O–H groups in total. The standard InChI is InChI=1S/C16H33N5O2.HI/c1-5-17-16(19-12-15(22)18-6-11-23-4)21-9-7-20(8-10-21)13-14(2)3;/h14H,5-13H2,1-4H3,(H,17,19)(H,18,22);1H. The first kappa shape index (κ1) is 23.4. The first-order chi connectivity index (χ1) is 11.1. The Hall–Kier alpha value is -0.610. The summed E-state index contributed by atoms with van der Waals surface area (Å²) < 4.78 is 4.91. The fourth-order valence-corrected chi connectivity index (χ4v) is 2.58. The van der Waals surface area contributed by atoms with Gasteiger partial charge in [-0.15, -0.1) is 24.0 Å². The van der Waals surface area contributed by atoms with E-state index in [1.54, 1.807) is 7.11 Å². The van der Waals surface area contributed by atoms with Crippen LogP contribution >= 0.6 is 24.0 Å². The number of halogens is 1. The molecule has 1 amide bonds. The second-order valence-electron chi connectivity index (χ2n) is 6.19. The van der Waals surface area contributed by atoms with Gasteiger partial charge in [-0.2, -0.15) is 0 Å². The molecule has 1 rings (SSSR count). The molecule has 0 aromatic rings. The normalized spacial score (nSPS) is 16.0. The molecule has 7 nitrogen and oxygen atoms in total. The van der Waals surface area contributed by atoms with Crippen LogP contribution in [0.1, 0.15) is 20.8 Å². The zero-order valence-electron chi connectivity index (χ0n) is 15.5. The summed E-state index contributed by atoms with van der Waals surface area (Å²) in [6, 6.07) is 0. The van der Waals surface area contributed by atoms with E-state index >= 15 is 0 Å². The van der Waals surface area contributed by atoms with Gasteiger partial charge >= 0.3 is 0 Å². The first-order valence-corrected chi connectivity index (χ1v) is 8.58. The van der Waals surface area contributed by atoms with Gasteiger partial charge in [0.1, 0.15) is 6.54 Å². The van der Waals surface area contributed by atoms with Gasteiger partial charge in [0.2, 0.25) is 5.91 Å². The van der Waals surface area contributed by atoms with Crippen LogP contribution in [0.3, 0.4) is 0 Å². The Morgan fingerprint density at radius 3 is 2.42 bits per heavy atom. The van der Waals surface area contributed by atoms with Crippen molar-refractivity contribution < 1.29 is 9.53 Å². The molecule has 1 aliphatic heterocycles. The highest BCUT2D eigenvalue weighted by Crippen LogP contribution is 2.05. The number of rotatable bonds is 8. The number of methoxy groups -OCH3 is 1. The zero-order valence-corrected chi connectivity index (χ0v) is 17.8. The second-order valence-corrected chi connectivity index (χ2v) is 6.19. The molecule has 0 saturated carbocycles. The third-order valence-electron chi connectivity index (χ3n) is 3.63. The minimum atomic E-state index is -0.0732. The molecule has 0 radical (unpaired) electrons. The van der Waals surface area contributed by atoms with E-state index in [0.717, 1.165) is 45.2 Å². The molecule has 8 heteroatoms. The molecule has 1 saturated heterocycles. The van der Waals surface area contributed by atoms with Crippen LogP contribution in [0.2, 0.25) is 0 Å². The Labute approximate surface area is 163 Å². The summed E-state index contributed by atoms with van der Waals surface area (Å²) in [6.45, 7) is 13.7. The highest BCUT2D eigenvalue weighted by molar-refractivity contribution is 14.0. The van der Waals surface area contributed by atoms with Crippen LogP contribution in [0.4, 0.5) is 0 Å². The summed E-state index contributed by atoms with van der Waals surface area (Å²) in [5.74, 6) is 1.45. The summed E-state index contributed by atoms with van der Waals surface area (Å²) in [4.78, 5) is 20.9. The number of nitrogens with zero attached hydrogens (tertiary/aromatic N) is 3. The van der Waals surface area contributed by atoms with E-state index in [1.165, 1.54) is 0 Å². The van der Waals surface area contributed by atoms with E-state index in [4.69, 9.17) is 4.74 Å². The molecule has 1 aliphatic rings. The smallest absolute Gasteiger partial charge is 0.241 e. The third kappa shape index (κ3) is 9.63. The number of nitrogens with one attached hydrogen (secondary N) is 2. The minimum absolute atomic E-state index is 0. The number of carbonyl (C=O) groups is 1. The molecule has 0 bridgehead atoms. The van der Waals surface area contributed by atoms with Gasteiger partial charge in [-0.3, -0.25) is 9.69 Å². The van der Waals surface area contributed by atoms with Crippen molar-refractivity contribution in [3.63, 3.8) is 0 Å². The van der Waals surface area contributed by atoms with E-state index in [0.29, 0.717) is 19.1 Å². The van der Waals surface area contributed by atoms with Crippen LogP contribution in [0.15, 0.2) is 4.99 Å². The summed E-state index contributed by atoms with van der Waals surface area (Å²) in [5, 5.41) is 6.07. The number of carbonyl (C=O) groups excluding carboxylic acids is 1. The molecule has 24 heavy (non-hydrogen) atoms. The third-order valence-corrected chi connectivity index (χ3v) is 3.63.